The first-order chi connectivity index (χ1) is 6.52. The number of carbonyl (C=O) groups is 1. The minimum absolute atomic E-state index is 0.0383. The SMILES string of the molecule is Cc1c(Cl)nnc(NCC(N)=O)c1C. The summed E-state index contributed by atoms with van der Waals surface area (Å²) in [6.07, 6.45) is 0. The van der Waals surface area contributed by atoms with Gasteiger partial charge >= 0.3 is 0 Å². The quantitative estimate of drug-likeness (QED) is 0.774. The highest BCUT2D eigenvalue weighted by Crippen LogP contribution is 2.19. The highest BCUT2D eigenvalue weighted by molar-refractivity contribution is 6.30. The lowest BCUT2D eigenvalue weighted by molar-refractivity contribution is -0.116. The number of carbonyl (C=O) groups excluding carboxylic acids is 1. The van der Waals surface area contributed by atoms with Crippen molar-refractivity contribution in [3.05, 3.63) is 16.3 Å². The zero-order valence-electron chi connectivity index (χ0n) is 7.97. The van der Waals surface area contributed by atoms with Crippen LogP contribution in [0.3, 0.4) is 0 Å². The summed E-state index contributed by atoms with van der Waals surface area (Å²) in [4.78, 5) is 10.5. The van der Waals surface area contributed by atoms with Crippen LogP contribution in [0.5, 0.6) is 0 Å². The van der Waals surface area contributed by atoms with Crippen molar-refractivity contribution in [2.45, 2.75) is 13.8 Å². The van der Waals surface area contributed by atoms with Gasteiger partial charge in [-0.15, -0.1) is 10.2 Å². The summed E-state index contributed by atoms with van der Waals surface area (Å²) in [6, 6.07) is 0. The van der Waals surface area contributed by atoms with E-state index in [1.54, 1.807) is 0 Å². The monoisotopic (exact) mass is 214 g/mol. The number of anilines is 1. The molecule has 1 aromatic heterocycles. The molecule has 0 saturated heterocycles. The normalized spacial score (nSPS) is 9.93. The Morgan fingerprint density at radius 3 is 2.64 bits per heavy atom. The third-order valence-electron chi connectivity index (χ3n) is 1.90. The summed E-state index contributed by atoms with van der Waals surface area (Å²) in [6.45, 7) is 3.72. The summed E-state index contributed by atoms with van der Waals surface area (Å²) in [5.41, 5.74) is 6.69. The summed E-state index contributed by atoms with van der Waals surface area (Å²) in [7, 11) is 0. The number of hydrogen-bond acceptors (Lipinski definition) is 4. The van der Waals surface area contributed by atoms with Crippen molar-refractivity contribution in [2.24, 2.45) is 5.73 Å². The van der Waals surface area contributed by atoms with Crippen LogP contribution in [0.1, 0.15) is 11.1 Å². The van der Waals surface area contributed by atoms with E-state index in [2.05, 4.69) is 15.5 Å². The number of halogens is 1. The van der Waals surface area contributed by atoms with Crippen LogP contribution >= 0.6 is 11.6 Å². The van der Waals surface area contributed by atoms with Gasteiger partial charge in [-0.1, -0.05) is 11.6 Å². The van der Waals surface area contributed by atoms with Crippen LogP contribution in [-0.2, 0) is 4.79 Å². The molecule has 0 bridgehead atoms. The molecule has 1 rings (SSSR count). The van der Waals surface area contributed by atoms with Crippen molar-refractivity contribution >= 4 is 23.3 Å². The molecule has 6 heteroatoms. The van der Waals surface area contributed by atoms with Gasteiger partial charge in [0.05, 0.1) is 6.54 Å². The Kier molecular flexibility index (Phi) is 3.24. The predicted octanol–water partition coefficient (Wildman–Crippen LogP) is 0.644. The standard InChI is InChI=1S/C8H11ClN4O/c1-4-5(2)8(11-3-6(10)14)13-12-7(4)9/h3H2,1-2H3,(H2,10,14)(H,11,13). The average molecular weight is 215 g/mol. The summed E-state index contributed by atoms with van der Waals surface area (Å²) >= 11 is 5.76. The Balaban J connectivity index is 2.88. The van der Waals surface area contributed by atoms with E-state index in [4.69, 9.17) is 17.3 Å². The lowest BCUT2D eigenvalue weighted by Crippen LogP contribution is -2.23. The largest absolute Gasteiger partial charge is 0.368 e. The number of nitrogens with two attached hydrogens (primary N) is 1. The highest BCUT2D eigenvalue weighted by Gasteiger charge is 2.07. The van der Waals surface area contributed by atoms with E-state index in [0.29, 0.717) is 11.0 Å². The summed E-state index contributed by atoms with van der Waals surface area (Å²) < 4.78 is 0. The maximum Gasteiger partial charge on any atom is 0.236 e. The molecule has 0 atom stereocenters. The van der Waals surface area contributed by atoms with Gasteiger partial charge in [0.25, 0.3) is 0 Å². The van der Waals surface area contributed by atoms with Crippen LogP contribution in [0.25, 0.3) is 0 Å². The van der Waals surface area contributed by atoms with Crippen LogP contribution in [0.4, 0.5) is 5.82 Å². The van der Waals surface area contributed by atoms with Crippen LogP contribution in [0, 0.1) is 13.8 Å². The third-order valence-corrected chi connectivity index (χ3v) is 2.25. The molecule has 1 heterocycles. The van der Waals surface area contributed by atoms with Gasteiger partial charge in [0, 0.05) is 0 Å². The van der Waals surface area contributed by atoms with E-state index < -0.39 is 5.91 Å². The van der Waals surface area contributed by atoms with Crippen LogP contribution in [0.15, 0.2) is 0 Å². The van der Waals surface area contributed by atoms with Crippen molar-refractivity contribution in [2.75, 3.05) is 11.9 Å². The van der Waals surface area contributed by atoms with Gasteiger partial charge in [0.1, 0.15) is 0 Å². The molecule has 76 valence electrons. The molecule has 1 amide bonds. The van der Waals surface area contributed by atoms with E-state index in [-0.39, 0.29) is 6.54 Å². The Hall–Kier alpha value is -1.36. The Labute approximate surface area is 86.7 Å². The average Bonchev–Trinajstić information content (AvgIpc) is 2.13. The van der Waals surface area contributed by atoms with Crippen molar-refractivity contribution in [3.63, 3.8) is 0 Å². The first-order valence-electron chi connectivity index (χ1n) is 4.04. The molecular formula is C8H11ClN4O. The number of primary amides is 1. The molecule has 3 N–H and O–H groups in total. The number of amides is 1. The molecule has 5 nitrogen and oxygen atoms in total. The van der Waals surface area contributed by atoms with Gasteiger partial charge in [-0.25, -0.2) is 0 Å². The van der Waals surface area contributed by atoms with E-state index in [1.165, 1.54) is 0 Å². The smallest absolute Gasteiger partial charge is 0.236 e. The van der Waals surface area contributed by atoms with E-state index >= 15 is 0 Å². The van der Waals surface area contributed by atoms with Gasteiger partial charge in [0.2, 0.25) is 5.91 Å². The molecule has 0 aliphatic rings. The molecule has 0 radical (unpaired) electrons. The van der Waals surface area contributed by atoms with E-state index in [1.807, 2.05) is 13.8 Å². The minimum Gasteiger partial charge on any atom is -0.368 e. The predicted molar refractivity (Wildman–Crippen MR) is 54.2 cm³/mol. The van der Waals surface area contributed by atoms with E-state index in [9.17, 15) is 4.79 Å². The van der Waals surface area contributed by atoms with Crippen LogP contribution in [-0.4, -0.2) is 22.6 Å². The molecule has 0 aliphatic carbocycles. The van der Waals surface area contributed by atoms with Gasteiger partial charge in [-0.3, -0.25) is 4.79 Å². The number of aromatic nitrogens is 2. The molecule has 0 saturated carbocycles. The van der Waals surface area contributed by atoms with Crippen molar-refractivity contribution in [1.82, 2.24) is 10.2 Å². The Morgan fingerprint density at radius 1 is 1.43 bits per heavy atom. The van der Waals surface area contributed by atoms with Crippen molar-refractivity contribution in [1.29, 1.82) is 0 Å². The van der Waals surface area contributed by atoms with Gasteiger partial charge < -0.3 is 11.1 Å². The van der Waals surface area contributed by atoms with Gasteiger partial charge in [-0.05, 0) is 25.0 Å². The first-order valence-corrected chi connectivity index (χ1v) is 4.41. The number of rotatable bonds is 3. The maximum atomic E-state index is 10.5. The molecule has 0 aromatic carbocycles. The molecule has 14 heavy (non-hydrogen) atoms. The lowest BCUT2D eigenvalue weighted by atomic mass is 10.2. The fourth-order valence-electron chi connectivity index (χ4n) is 0.915. The fraction of sp³-hybridized carbons (Fsp3) is 0.375. The van der Waals surface area contributed by atoms with E-state index in [0.717, 1.165) is 11.1 Å². The number of nitrogens with zero attached hydrogens (tertiary/aromatic N) is 2. The maximum absolute atomic E-state index is 10.5. The molecule has 0 aliphatic heterocycles. The second kappa shape index (κ2) is 4.23. The first kappa shape index (κ1) is 10.7. The summed E-state index contributed by atoms with van der Waals surface area (Å²) in [5, 5.41) is 10.7. The Bertz CT molecular complexity index is 367. The van der Waals surface area contributed by atoms with Crippen LogP contribution in [0.2, 0.25) is 5.15 Å². The minimum atomic E-state index is -0.446. The molecule has 1 aromatic rings. The topological polar surface area (TPSA) is 80.9 Å². The highest BCUT2D eigenvalue weighted by atomic mass is 35.5. The zero-order chi connectivity index (χ0) is 10.7. The second-order valence-electron chi connectivity index (χ2n) is 2.91. The molecule has 0 spiro atoms. The van der Waals surface area contributed by atoms with Crippen LogP contribution < -0.4 is 11.1 Å². The van der Waals surface area contributed by atoms with Gasteiger partial charge in [-0.2, -0.15) is 0 Å². The van der Waals surface area contributed by atoms with Crippen molar-refractivity contribution in [3.8, 4) is 0 Å². The third kappa shape index (κ3) is 2.32. The zero-order valence-corrected chi connectivity index (χ0v) is 8.72. The fourth-order valence-corrected chi connectivity index (χ4v) is 1.09. The van der Waals surface area contributed by atoms with Gasteiger partial charge in [0.15, 0.2) is 11.0 Å². The summed E-state index contributed by atoms with van der Waals surface area (Å²) in [5.74, 6) is 0.0875. The lowest BCUT2D eigenvalue weighted by Gasteiger charge is -2.08. The molecule has 0 unspecified atom stereocenters. The number of nitrogens with one attached hydrogen (secondary N) is 1. The molecular weight excluding hydrogens is 204 g/mol. The van der Waals surface area contributed by atoms with Crippen molar-refractivity contribution < 1.29 is 4.79 Å². The second-order valence-corrected chi connectivity index (χ2v) is 3.27. The molecule has 0 fully saturated rings. The number of hydrogen-bond donors (Lipinski definition) is 2. The Morgan fingerprint density at radius 2 is 2.07 bits per heavy atom.